The zero-order chi connectivity index (χ0) is 49.9. The number of rotatable bonds is 3. The Balaban J connectivity index is 1.90. The number of fused-ring (bicyclic) bond motifs is 2. The molecule has 0 aromatic heterocycles. The van der Waals surface area contributed by atoms with Gasteiger partial charge in [-0.15, -0.1) is 0 Å². The summed E-state index contributed by atoms with van der Waals surface area (Å²) < 4.78 is 23.3. The van der Waals surface area contributed by atoms with Gasteiger partial charge in [-0.1, -0.05) is 92.0 Å². The van der Waals surface area contributed by atoms with E-state index >= 15 is 0 Å². The normalized spacial score (nSPS) is 42.5. The number of esters is 1. The molecule has 3 aliphatic rings. The highest BCUT2D eigenvalue weighted by Gasteiger charge is 2.51. The van der Waals surface area contributed by atoms with Crippen LogP contribution in [0.3, 0.4) is 0 Å². The molecule has 0 aromatic carbocycles. The van der Waals surface area contributed by atoms with E-state index in [2.05, 4.69) is 5.32 Å². The maximum atomic E-state index is 13.8. The van der Waals surface area contributed by atoms with E-state index in [9.17, 15) is 60.7 Å². The fraction of sp³-hybridized carbons (Fsp3) is 0.673. The number of ether oxygens (including phenoxy) is 4. The summed E-state index contributed by atoms with van der Waals surface area (Å²) in [7, 11) is 0. The van der Waals surface area contributed by atoms with Crippen molar-refractivity contribution in [2.24, 2.45) is 17.6 Å². The number of hydrogen-bond donors (Lipinski definition) is 12. The summed E-state index contributed by atoms with van der Waals surface area (Å²) in [5.41, 5.74) is 5.28. The molecule has 1 amide bonds. The van der Waals surface area contributed by atoms with Crippen LogP contribution in [0, 0.1) is 11.8 Å². The topological polar surface area (TPSA) is 311 Å². The van der Waals surface area contributed by atoms with Crippen molar-refractivity contribution in [3.05, 3.63) is 85.1 Å². The number of aliphatic hydroxyl groups is 10. The Bertz CT molecular complexity index is 1710. The van der Waals surface area contributed by atoms with Gasteiger partial charge in [0.25, 0.3) is 0 Å². The molecule has 17 atom stereocenters. The molecular formula is C49H78N2O16. The molecule has 3 rings (SSSR count). The van der Waals surface area contributed by atoms with Gasteiger partial charge < -0.3 is 81.1 Å². The molecule has 13 N–H and O–H groups in total. The molecule has 67 heavy (non-hydrogen) atoms. The van der Waals surface area contributed by atoms with Crippen molar-refractivity contribution in [3.8, 4) is 0 Å². The van der Waals surface area contributed by atoms with Gasteiger partial charge in [0.15, 0.2) is 12.1 Å². The quantitative estimate of drug-likeness (QED) is 0.175. The van der Waals surface area contributed by atoms with E-state index in [1.165, 1.54) is 0 Å². The van der Waals surface area contributed by atoms with Crippen LogP contribution in [0.2, 0.25) is 0 Å². The molecule has 3 aliphatic heterocycles. The maximum Gasteiger partial charge on any atom is 0.308 e. The van der Waals surface area contributed by atoms with Gasteiger partial charge in [0.1, 0.15) is 12.2 Å². The van der Waals surface area contributed by atoms with Crippen molar-refractivity contribution in [3.63, 3.8) is 0 Å². The Morgan fingerprint density at radius 2 is 1.28 bits per heavy atom. The number of carbonyl (C=O) groups is 2. The first-order chi connectivity index (χ1) is 31.5. The van der Waals surface area contributed by atoms with Crippen LogP contribution in [-0.2, 0) is 28.5 Å². The summed E-state index contributed by atoms with van der Waals surface area (Å²) >= 11 is 0. The molecule has 0 aromatic rings. The smallest absolute Gasteiger partial charge is 0.308 e. The molecular weight excluding hydrogens is 873 g/mol. The molecule has 18 nitrogen and oxygen atoms in total. The highest BCUT2D eigenvalue weighted by molar-refractivity contribution is 5.80. The summed E-state index contributed by atoms with van der Waals surface area (Å²) in [6.07, 6.45) is 6.03. The first-order valence-electron chi connectivity index (χ1n) is 23.2. The molecule has 18 heteroatoms. The third-order valence-corrected chi connectivity index (χ3v) is 11.6. The van der Waals surface area contributed by atoms with E-state index in [4.69, 9.17) is 24.7 Å². The first kappa shape index (κ1) is 57.9. The summed E-state index contributed by atoms with van der Waals surface area (Å²) in [4.78, 5) is 26.3. The third kappa shape index (κ3) is 21.4. The number of allylic oxidation sites excluding steroid dienone is 12. The van der Waals surface area contributed by atoms with Crippen LogP contribution >= 0.6 is 0 Å². The SMILES string of the molecule is C[C@H]1C[C@H](O)[C@@H](C)/C=C/C=C/C=C/C=C/C=C/C=C/C=C/C(O[C@@H]2OC[C@@H](O)[C@H](N)[C@@H]2O)C[C@@H]2OC(O)(CC(O)CC(O)C(O)CCC(O)CC(O)CC(=O)O1)C[C@H](O)C2C(=O)NC(C)(C)C. The van der Waals surface area contributed by atoms with Gasteiger partial charge in [0, 0.05) is 43.6 Å². The molecule has 0 saturated carbocycles. The van der Waals surface area contributed by atoms with Crippen molar-refractivity contribution >= 4 is 11.9 Å². The molecule has 380 valence electrons. The third-order valence-electron chi connectivity index (χ3n) is 11.6. The largest absolute Gasteiger partial charge is 0.462 e. The van der Waals surface area contributed by atoms with E-state index in [0.29, 0.717) is 0 Å². The van der Waals surface area contributed by atoms with E-state index in [1.807, 2.05) is 37.3 Å². The number of cyclic esters (lactones) is 1. The molecule has 3 heterocycles. The van der Waals surface area contributed by atoms with Crippen molar-refractivity contribution in [1.29, 1.82) is 0 Å². The summed E-state index contributed by atoms with van der Waals surface area (Å²) in [6, 6.07) is -1.10. The second-order valence-electron chi connectivity index (χ2n) is 19.1. The lowest BCUT2D eigenvalue weighted by Crippen LogP contribution is -2.60. The Morgan fingerprint density at radius 1 is 0.701 bits per heavy atom. The lowest BCUT2D eigenvalue weighted by atomic mass is 9.81. The zero-order valence-electron chi connectivity index (χ0n) is 39.4. The van der Waals surface area contributed by atoms with Crippen LogP contribution in [0.1, 0.15) is 92.4 Å². The highest BCUT2D eigenvalue weighted by atomic mass is 16.7. The number of nitrogens with two attached hydrogens (primary N) is 1. The van der Waals surface area contributed by atoms with Crippen molar-refractivity contribution in [1.82, 2.24) is 5.32 Å². The van der Waals surface area contributed by atoms with E-state index in [1.54, 1.807) is 82.4 Å². The monoisotopic (exact) mass is 951 g/mol. The van der Waals surface area contributed by atoms with Crippen LogP contribution in [0.25, 0.3) is 0 Å². The summed E-state index contributed by atoms with van der Waals surface area (Å²) in [5, 5.41) is 111. The number of nitrogens with one attached hydrogen (secondary N) is 1. The van der Waals surface area contributed by atoms with Crippen molar-refractivity contribution in [2.75, 3.05) is 6.61 Å². The fourth-order valence-electron chi connectivity index (χ4n) is 7.96. The lowest BCUT2D eigenvalue weighted by Gasteiger charge is -2.46. The average molecular weight is 951 g/mol. The molecule has 0 spiro atoms. The van der Waals surface area contributed by atoms with Gasteiger partial charge >= 0.3 is 5.97 Å². The van der Waals surface area contributed by atoms with E-state index in [-0.39, 0.29) is 44.6 Å². The van der Waals surface area contributed by atoms with E-state index < -0.39 is 140 Å². The average Bonchev–Trinajstić information content (AvgIpc) is 3.21. The second kappa shape index (κ2) is 28.3. The van der Waals surface area contributed by atoms with Gasteiger partial charge in [-0.25, -0.2) is 0 Å². The van der Waals surface area contributed by atoms with Crippen molar-refractivity contribution in [2.45, 2.75) is 189 Å². The number of amides is 1. The zero-order valence-corrected chi connectivity index (χ0v) is 39.4. The standard InChI is InChI=1S/C49H78N2O16/c1-30-18-16-14-12-10-8-6-7-9-11-13-15-17-19-35(66-47-45(61)44(50)40(59)29-64-47)26-41-43(46(62)51-48(3,4)5)39(58)28-49(63,67-41)27-34(54)24-38(57)36(55)21-20-32(52)23-33(53)25-42(60)65-31(2)22-37(30)56/h6-19,30-41,43-45,47,52-59,61,63H,20-29,50H2,1-5H3,(H,51,62)/b7-6+,10-8+,11-9+,14-12+,15-13+,18-16+,19-17+/t30-,31-,32?,33?,34?,35?,36?,37-,38?,39-,40+,41-,43?,44-,45-,47-,49?/m0/s1. The molecule has 2 fully saturated rings. The van der Waals surface area contributed by atoms with Crippen LogP contribution in [-0.4, -0.2) is 166 Å². The first-order valence-corrected chi connectivity index (χ1v) is 23.2. The highest BCUT2D eigenvalue weighted by Crippen LogP contribution is 2.38. The van der Waals surface area contributed by atoms with Crippen molar-refractivity contribution < 1.29 is 79.6 Å². The molecule has 0 radical (unpaired) electrons. The van der Waals surface area contributed by atoms with Gasteiger partial charge in [0.2, 0.25) is 5.91 Å². The van der Waals surface area contributed by atoms with Crippen LogP contribution < -0.4 is 11.1 Å². The lowest BCUT2D eigenvalue weighted by molar-refractivity contribution is -0.304. The minimum Gasteiger partial charge on any atom is -0.462 e. The van der Waals surface area contributed by atoms with Crippen LogP contribution in [0.4, 0.5) is 0 Å². The second-order valence-corrected chi connectivity index (χ2v) is 19.1. The Labute approximate surface area is 394 Å². The molecule has 0 aliphatic carbocycles. The molecule has 8 unspecified atom stereocenters. The summed E-state index contributed by atoms with van der Waals surface area (Å²) in [6.45, 7) is 8.47. The van der Waals surface area contributed by atoms with Gasteiger partial charge in [-0.2, -0.15) is 0 Å². The maximum absolute atomic E-state index is 13.8. The Hall–Kier alpha value is -3.44. The number of carbonyl (C=O) groups excluding carboxylic acids is 2. The van der Waals surface area contributed by atoms with Gasteiger partial charge in [-0.3, -0.25) is 9.59 Å². The minimum absolute atomic E-state index is 0.0878. The van der Waals surface area contributed by atoms with Gasteiger partial charge in [0.05, 0.1) is 86.0 Å². The number of aliphatic hydroxyl groups excluding tert-OH is 9. The molecule has 2 bridgehead atoms. The van der Waals surface area contributed by atoms with E-state index in [0.717, 1.165) is 0 Å². The Morgan fingerprint density at radius 3 is 1.88 bits per heavy atom. The Kier molecular flexibility index (Phi) is 24.4. The molecule has 2 saturated heterocycles. The van der Waals surface area contributed by atoms with Gasteiger partial charge in [-0.05, 0) is 47.0 Å². The summed E-state index contributed by atoms with van der Waals surface area (Å²) in [5.74, 6) is -5.08. The van der Waals surface area contributed by atoms with Crippen LogP contribution in [0.15, 0.2) is 85.1 Å². The van der Waals surface area contributed by atoms with Crippen LogP contribution in [0.5, 0.6) is 0 Å². The fourth-order valence-corrected chi connectivity index (χ4v) is 7.96. The minimum atomic E-state index is -2.26. The predicted octanol–water partition coefficient (Wildman–Crippen LogP) is 0.907. The number of hydrogen-bond acceptors (Lipinski definition) is 17. The predicted molar refractivity (Wildman–Crippen MR) is 248 cm³/mol.